The van der Waals surface area contributed by atoms with Gasteiger partial charge < -0.3 is 24.8 Å². The van der Waals surface area contributed by atoms with Gasteiger partial charge in [-0.25, -0.2) is 16.8 Å². The van der Waals surface area contributed by atoms with Gasteiger partial charge in [0.05, 0.1) is 41.2 Å². The summed E-state index contributed by atoms with van der Waals surface area (Å²) < 4.78 is 93.8. The second-order valence-corrected chi connectivity index (χ2v) is 14.9. The van der Waals surface area contributed by atoms with Gasteiger partial charge in [-0.1, -0.05) is 12.0 Å². The normalized spacial score (nSPS) is 15.2. The Labute approximate surface area is 250 Å². The Morgan fingerprint density at radius 1 is 1.02 bits per heavy atom. The van der Waals surface area contributed by atoms with Crippen molar-refractivity contribution in [3.05, 3.63) is 48.2 Å². The van der Waals surface area contributed by atoms with E-state index in [0.717, 1.165) is 36.8 Å². The minimum atomic E-state index is -4.46. The van der Waals surface area contributed by atoms with Gasteiger partial charge in [0.15, 0.2) is 9.84 Å². The fraction of sp³-hybridized carbons (Fsp3) is 0.448. The molecule has 0 amide bonds. The molecule has 2 aromatic carbocycles. The van der Waals surface area contributed by atoms with Crippen LogP contribution in [0.5, 0.6) is 5.75 Å². The van der Waals surface area contributed by atoms with Gasteiger partial charge in [-0.05, 0) is 49.1 Å². The van der Waals surface area contributed by atoms with Crippen LogP contribution in [0.15, 0.2) is 47.4 Å². The number of benzene rings is 2. The standard InChI is InChI=1S/C29H35F3N4O5S2/c1-41-28-19-23(43(3,39)40)9-10-26(28)33-13-5-6-22-18-24-25(7-4-8-27(24)36(22)20-29(30,31)32)34-21-11-14-35(15-12-21)16-17-42(2,37)38/h4,7-10,18-19,21,33-34H,11-17,20H2,1-3H3. The van der Waals surface area contributed by atoms with Crippen molar-refractivity contribution in [2.45, 2.75) is 36.5 Å². The molecule has 1 fully saturated rings. The van der Waals surface area contributed by atoms with Gasteiger partial charge in [0.2, 0.25) is 0 Å². The summed E-state index contributed by atoms with van der Waals surface area (Å²) in [6.07, 6.45) is -0.598. The monoisotopic (exact) mass is 640 g/mol. The Balaban J connectivity index is 1.52. The molecule has 1 aliphatic heterocycles. The number of hydrogen-bond donors (Lipinski definition) is 2. The second kappa shape index (κ2) is 13.1. The van der Waals surface area contributed by atoms with Gasteiger partial charge in [-0.15, -0.1) is 0 Å². The van der Waals surface area contributed by atoms with Crippen LogP contribution >= 0.6 is 0 Å². The zero-order valence-corrected chi connectivity index (χ0v) is 25.8. The molecular formula is C29H35F3N4O5S2. The number of rotatable bonds is 10. The number of nitrogens with zero attached hydrogens (tertiary/aromatic N) is 2. The number of anilines is 2. The number of piperidine rings is 1. The van der Waals surface area contributed by atoms with Crippen molar-refractivity contribution in [2.75, 3.05) is 62.2 Å². The van der Waals surface area contributed by atoms with Crippen molar-refractivity contribution in [2.24, 2.45) is 0 Å². The number of ether oxygens (including phenoxy) is 1. The van der Waals surface area contributed by atoms with E-state index in [0.29, 0.717) is 34.6 Å². The van der Waals surface area contributed by atoms with Gasteiger partial charge in [0.25, 0.3) is 0 Å². The lowest BCUT2D eigenvalue weighted by atomic mass is 10.0. The maximum absolute atomic E-state index is 13.6. The molecular weight excluding hydrogens is 605 g/mol. The van der Waals surface area contributed by atoms with Crippen molar-refractivity contribution in [1.82, 2.24) is 9.47 Å². The average Bonchev–Trinajstić information content (AvgIpc) is 3.26. The third kappa shape index (κ3) is 9.04. The number of nitrogens with one attached hydrogen (secondary N) is 2. The molecule has 2 heterocycles. The Morgan fingerprint density at radius 3 is 2.37 bits per heavy atom. The number of alkyl halides is 3. The number of halogens is 3. The zero-order chi connectivity index (χ0) is 31.4. The highest BCUT2D eigenvalue weighted by Gasteiger charge is 2.30. The Morgan fingerprint density at radius 2 is 1.74 bits per heavy atom. The van der Waals surface area contributed by atoms with E-state index in [9.17, 15) is 30.0 Å². The van der Waals surface area contributed by atoms with E-state index in [1.807, 2.05) is 6.07 Å². The highest BCUT2D eigenvalue weighted by molar-refractivity contribution is 7.91. The Bertz CT molecular complexity index is 1730. The SMILES string of the molecule is COc1cc(S(C)(=O)=O)ccc1NCC#Cc1cc2c(NC3CCN(CCS(C)(=O)=O)CC3)cccc2n1CC(F)(F)F. The van der Waals surface area contributed by atoms with Gasteiger partial charge in [-0.2, -0.15) is 13.2 Å². The molecule has 14 heteroatoms. The van der Waals surface area contributed by atoms with Crippen molar-refractivity contribution >= 4 is 42.0 Å². The number of likely N-dealkylation sites (tertiary alicyclic amines) is 1. The van der Waals surface area contributed by atoms with Crippen LogP contribution < -0.4 is 15.4 Å². The molecule has 0 spiro atoms. The molecule has 2 N–H and O–H groups in total. The van der Waals surface area contributed by atoms with Crippen LogP contribution in [0.2, 0.25) is 0 Å². The molecule has 4 rings (SSSR count). The molecule has 0 radical (unpaired) electrons. The first-order valence-electron chi connectivity index (χ1n) is 13.6. The summed E-state index contributed by atoms with van der Waals surface area (Å²) in [5.74, 6) is 6.14. The van der Waals surface area contributed by atoms with E-state index in [4.69, 9.17) is 4.74 Å². The van der Waals surface area contributed by atoms with Crippen molar-refractivity contribution in [3.63, 3.8) is 0 Å². The van der Waals surface area contributed by atoms with Gasteiger partial charge >= 0.3 is 6.18 Å². The molecule has 0 aliphatic carbocycles. The predicted octanol–water partition coefficient (Wildman–Crippen LogP) is 4.00. The third-order valence-corrected chi connectivity index (χ3v) is 9.23. The maximum atomic E-state index is 13.6. The summed E-state index contributed by atoms with van der Waals surface area (Å²) >= 11 is 0. The lowest BCUT2D eigenvalue weighted by molar-refractivity contribution is -0.140. The summed E-state index contributed by atoms with van der Waals surface area (Å²) in [6.45, 7) is 0.812. The summed E-state index contributed by atoms with van der Waals surface area (Å²) in [7, 11) is -5.06. The Hall–Kier alpha value is -3.41. The van der Waals surface area contributed by atoms with E-state index in [1.54, 1.807) is 24.3 Å². The van der Waals surface area contributed by atoms with E-state index < -0.39 is 32.4 Å². The second-order valence-electron chi connectivity index (χ2n) is 10.6. The first-order valence-corrected chi connectivity index (χ1v) is 17.5. The van der Waals surface area contributed by atoms with Crippen molar-refractivity contribution < 1.29 is 34.7 Å². The van der Waals surface area contributed by atoms with Gasteiger partial charge in [-0.3, -0.25) is 0 Å². The van der Waals surface area contributed by atoms with Crippen LogP contribution in [0.3, 0.4) is 0 Å². The molecule has 43 heavy (non-hydrogen) atoms. The summed E-state index contributed by atoms with van der Waals surface area (Å²) in [5, 5.41) is 7.13. The fourth-order valence-electron chi connectivity index (χ4n) is 5.00. The smallest absolute Gasteiger partial charge is 0.406 e. The zero-order valence-electron chi connectivity index (χ0n) is 24.2. The van der Waals surface area contributed by atoms with Crippen LogP contribution in [0.1, 0.15) is 18.5 Å². The van der Waals surface area contributed by atoms with Crippen molar-refractivity contribution in [3.8, 4) is 17.6 Å². The van der Waals surface area contributed by atoms with E-state index in [-0.39, 0.29) is 28.9 Å². The minimum absolute atomic E-state index is 0.0745. The van der Waals surface area contributed by atoms with Crippen LogP contribution in [-0.4, -0.2) is 90.1 Å². The molecule has 234 valence electrons. The van der Waals surface area contributed by atoms with Crippen molar-refractivity contribution in [1.29, 1.82) is 0 Å². The maximum Gasteiger partial charge on any atom is 0.406 e. The number of sulfone groups is 2. The lowest BCUT2D eigenvalue weighted by Crippen LogP contribution is -2.41. The number of aromatic nitrogens is 1. The molecule has 9 nitrogen and oxygen atoms in total. The largest absolute Gasteiger partial charge is 0.495 e. The molecule has 1 aromatic heterocycles. The van der Waals surface area contributed by atoms with Gasteiger partial charge in [0.1, 0.15) is 22.1 Å². The fourth-order valence-corrected chi connectivity index (χ4v) is 6.23. The number of fused-ring (bicyclic) bond motifs is 1. The quantitative estimate of drug-likeness (QED) is 0.320. The summed E-state index contributed by atoms with van der Waals surface area (Å²) in [6, 6.07) is 11.3. The topological polar surface area (TPSA) is 110 Å². The number of methoxy groups -OCH3 is 1. The molecule has 0 atom stereocenters. The van der Waals surface area contributed by atoms with Gasteiger partial charge in [0, 0.05) is 55.3 Å². The molecule has 1 saturated heterocycles. The molecule has 0 bridgehead atoms. The van der Waals surface area contributed by atoms with E-state index in [1.165, 1.54) is 25.5 Å². The van der Waals surface area contributed by atoms with E-state index in [2.05, 4.69) is 27.4 Å². The van der Waals surface area contributed by atoms with Crippen LogP contribution in [0.25, 0.3) is 10.9 Å². The molecule has 3 aromatic rings. The van der Waals surface area contributed by atoms with Crippen LogP contribution in [0.4, 0.5) is 24.5 Å². The summed E-state index contributed by atoms with van der Waals surface area (Å²) in [4.78, 5) is 2.20. The van der Waals surface area contributed by atoms with E-state index >= 15 is 0 Å². The lowest BCUT2D eigenvalue weighted by Gasteiger charge is -2.32. The minimum Gasteiger partial charge on any atom is -0.495 e. The van der Waals surface area contributed by atoms with Crippen LogP contribution in [-0.2, 0) is 26.2 Å². The third-order valence-electron chi connectivity index (χ3n) is 7.19. The van der Waals surface area contributed by atoms with Crippen LogP contribution in [0, 0.1) is 11.8 Å². The molecule has 0 saturated carbocycles. The predicted molar refractivity (Wildman–Crippen MR) is 162 cm³/mol. The molecule has 1 aliphatic rings. The first kappa shape index (κ1) is 32.5. The summed E-state index contributed by atoms with van der Waals surface area (Å²) in [5.41, 5.74) is 1.82. The first-order chi connectivity index (χ1) is 20.1. The average molecular weight is 641 g/mol. The highest BCUT2D eigenvalue weighted by atomic mass is 32.2. The number of hydrogen-bond acceptors (Lipinski definition) is 8. The Kier molecular flexibility index (Phi) is 9.88. The molecule has 0 unspecified atom stereocenters. The highest BCUT2D eigenvalue weighted by Crippen LogP contribution is 2.31.